The predicted octanol–water partition coefficient (Wildman–Crippen LogP) is 7.70. The molecule has 0 spiro atoms. The zero-order valence-electron chi connectivity index (χ0n) is 18.4. The van der Waals surface area contributed by atoms with Gasteiger partial charge in [-0.3, -0.25) is 0 Å². The third-order valence-electron chi connectivity index (χ3n) is 5.95. The van der Waals surface area contributed by atoms with Crippen molar-refractivity contribution in [3.05, 3.63) is 12.4 Å². The van der Waals surface area contributed by atoms with Crippen LogP contribution in [0.5, 0.6) is 0 Å². The van der Waals surface area contributed by atoms with Crippen molar-refractivity contribution in [1.82, 2.24) is 9.80 Å². The molecule has 0 aromatic rings. The molecule has 26 heavy (non-hydrogen) atoms. The van der Waals surface area contributed by atoms with Gasteiger partial charge in [0.15, 0.2) is 0 Å². The molecule has 0 aliphatic carbocycles. The van der Waals surface area contributed by atoms with E-state index in [1.165, 1.54) is 116 Å². The quantitative estimate of drug-likeness (QED) is 0.230. The molecular weight excluding hydrogens is 316 g/mol. The van der Waals surface area contributed by atoms with Crippen LogP contribution in [-0.2, 0) is 0 Å². The van der Waals surface area contributed by atoms with E-state index in [1.54, 1.807) is 0 Å². The lowest BCUT2D eigenvalue weighted by molar-refractivity contribution is 0.165. The van der Waals surface area contributed by atoms with E-state index in [0.29, 0.717) is 6.17 Å². The van der Waals surface area contributed by atoms with Crippen molar-refractivity contribution in [1.29, 1.82) is 0 Å². The fraction of sp³-hybridized carbons (Fsp3) is 0.917. The first-order valence-electron chi connectivity index (χ1n) is 12.0. The summed E-state index contributed by atoms with van der Waals surface area (Å²) in [4.78, 5) is 5.08. The Morgan fingerprint density at radius 3 is 1.15 bits per heavy atom. The first kappa shape index (κ1) is 23.4. The van der Waals surface area contributed by atoms with Crippen LogP contribution in [0.3, 0.4) is 0 Å². The molecule has 1 rings (SSSR count). The molecule has 1 unspecified atom stereocenters. The molecule has 0 amide bonds. The molecule has 1 atom stereocenters. The molecule has 1 aliphatic rings. The van der Waals surface area contributed by atoms with Gasteiger partial charge in [0.25, 0.3) is 0 Å². The lowest BCUT2D eigenvalue weighted by Crippen LogP contribution is -2.36. The smallest absolute Gasteiger partial charge is 0.0977 e. The van der Waals surface area contributed by atoms with E-state index in [2.05, 4.69) is 43.0 Å². The molecule has 0 N–H and O–H groups in total. The van der Waals surface area contributed by atoms with Gasteiger partial charge >= 0.3 is 0 Å². The molecule has 0 radical (unpaired) electrons. The monoisotopic (exact) mass is 364 g/mol. The highest BCUT2D eigenvalue weighted by atomic mass is 15.4. The van der Waals surface area contributed by atoms with Crippen LogP contribution in [0.15, 0.2) is 12.4 Å². The Morgan fingerprint density at radius 1 is 0.500 bits per heavy atom. The summed E-state index contributed by atoms with van der Waals surface area (Å²) in [5, 5.41) is 0. The summed E-state index contributed by atoms with van der Waals surface area (Å²) in [5.41, 5.74) is 0. The second kappa shape index (κ2) is 16.5. The van der Waals surface area contributed by atoms with Crippen molar-refractivity contribution in [3.63, 3.8) is 0 Å². The maximum atomic E-state index is 2.54. The van der Waals surface area contributed by atoms with Crippen LogP contribution in [0, 0.1) is 0 Å². The van der Waals surface area contributed by atoms with E-state index < -0.39 is 0 Å². The van der Waals surface area contributed by atoms with Gasteiger partial charge in [0, 0.05) is 25.5 Å². The number of rotatable bonds is 18. The number of nitrogens with zero attached hydrogens (tertiary/aromatic N) is 2. The summed E-state index contributed by atoms with van der Waals surface area (Å²) in [6.07, 6.45) is 27.8. The van der Waals surface area contributed by atoms with Crippen molar-refractivity contribution < 1.29 is 0 Å². The van der Waals surface area contributed by atoms with Crippen molar-refractivity contribution in [2.75, 3.05) is 13.1 Å². The predicted molar refractivity (Wildman–Crippen MR) is 117 cm³/mol. The van der Waals surface area contributed by atoms with Crippen molar-refractivity contribution in [2.24, 2.45) is 0 Å². The fourth-order valence-corrected chi connectivity index (χ4v) is 3.99. The van der Waals surface area contributed by atoms with Crippen molar-refractivity contribution in [3.8, 4) is 0 Å². The first-order chi connectivity index (χ1) is 12.8. The average molecular weight is 365 g/mol. The largest absolute Gasteiger partial charge is 0.356 e. The second-order valence-corrected chi connectivity index (χ2v) is 8.36. The Bertz CT molecular complexity index is 326. The highest BCUT2D eigenvalue weighted by Gasteiger charge is 2.20. The Kier molecular flexibility index (Phi) is 14.8. The van der Waals surface area contributed by atoms with Crippen molar-refractivity contribution in [2.45, 2.75) is 130 Å². The third kappa shape index (κ3) is 11.1. The Hall–Kier alpha value is -0.660. The third-order valence-corrected chi connectivity index (χ3v) is 5.95. The van der Waals surface area contributed by atoms with Crippen molar-refractivity contribution >= 4 is 0 Å². The van der Waals surface area contributed by atoms with Crippen LogP contribution in [0.1, 0.15) is 124 Å². The molecule has 0 aromatic heterocycles. The second-order valence-electron chi connectivity index (χ2n) is 8.36. The molecular formula is C24H48N2. The zero-order valence-corrected chi connectivity index (χ0v) is 18.4. The Balaban J connectivity index is 1.93. The first-order valence-corrected chi connectivity index (χ1v) is 12.0. The number of unbranched alkanes of at least 4 members (excludes halogenated alkanes) is 14. The SMILES string of the molecule is CCCCCCCCCCCCN1C=CN(CCCCCCCC)C1C. The zero-order chi connectivity index (χ0) is 18.9. The minimum absolute atomic E-state index is 0.573. The molecule has 0 aromatic carbocycles. The highest BCUT2D eigenvalue weighted by molar-refractivity contribution is 4.95. The average Bonchev–Trinajstić information content (AvgIpc) is 2.99. The van der Waals surface area contributed by atoms with E-state index >= 15 is 0 Å². The van der Waals surface area contributed by atoms with Gasteiger partial charge < -0.3 is 9.80 Å². The summed E-state index contributed by atoms with van der Waals surface area (Å²) in [6, 6.07) is 0. The maximum Gasteiger partial charge on any atom is 0.0977 e. The van der Waals surface area contributed by atoms with Crippen LogP contribution in [0.2, 0.25) is 0 Å². The Labute approximate surface area is 165 Å². The van der Waals surface area contributed by atoms with E-state index in [9.17, 15) is 0 Å². The van der Waals surface area contributed by atoms with E-state index in [0.717, 1.165) is 0 Å². The van der Waals surface area contributed by atoms with Gasteiger partial charge in [0.05, 0.1) is 6.17 Å². The summed E-state index contributed by atoms with van der Waals surface area (Å²) in [7, 11) is 0. The minimum Gasteiger partial charge on any atom is -0.356 e. The lowest BCUT2D eigenvalue weighted by Gasteiger charge is -2.30. The van der Waals surface area contributed by atoms with Crippen LogP contribution < -0.4 is 0 Å². The van der Waals surface area contributed by atoms with Gasteiger partial charge in [-0.1, -0.05) is 104 Å². The van der Waals surface area contributed by atoms with E-state index in [-0.39, 0.29) is 0 Å². The molecule has 0 bridgehead atoms. The normalized spacial score (nSPS) is 16.8. The van der Waals surface area contributed by atoms with Gasteiger partial charge in [-0.15, -0.1) is 0 Å². The Morgan fingerprint density at radius 2 is 0.808 bits per heavy atom. The van der Waals surface area contributed by atoms with Gasteiger partial charge in [0.1, 0.15) is 0 Å². The number of hydrogen-bond donors (Lipinski definition) is 0. The lowest BCUT2D eigenvalue weighted by atomic mass is 10.1. The van der Waals surface area contributed by atoms with E-state index in [4.69, 9.17) is 0 Å². The summed E-state index contributed by atoms with van der Waals surface area (Å²) in [5.74, 6) is 0. The van der Waals surface area contributed by atoms with Crippen LogP contribution in [0.25, 0.3) is 0 Å². The summed E-state index contributed by atoms with van der Waals surface area (Å²) in [6.45, 7) is 9.43. The summed E-state index contributed by atoms with van der Waals surface area (Å²) < 4.78 is 0. The molecule has 1 heterocycles. The molecule has 154 valence electrons. The van der Waals surface area contributed by atoms with Crippen LogP contribution in [-0.4, -0.2) is 29.1 Å². The maximum absolute atomic E-state index is 2.54. The van der Waals surface area contributed by atoms with Crippen LogP contribution >= 0.6 is 0 Å². The molecule has 0 saturated heterocycles. The van der Waals surface area contributed by atoms with Crippen LogP contribution in [0.4, 0.5) is 0 Å². The van der Waals surface area contributed by atoms with Gasteiger partial charge in [-0.05, 0) is 19.8 Å². The van der Waals surface area contributed by atoms with E-state index in [1.807, 2.05) is 0 Å². The van der Waals surface area contributed by atoms with Gasteiger partial charge in [-0.2, -0.15) is 0 Å². The molecule has 2 nitrogen and oxygen atoms in total. The van der Waals surface area contributed by atoms with Gasteiger partial charge in [0.2, 0.25) is 0 Å². The fourth-order valence-electron chi connectivity index (χ4n) is 3.99. The topological polar surface area (TPSA) is 6.48 Å². The molecule has 0 saturated carbocycles. The van der Waals surface area contributed by atoms with Gasteiger partial charge in [-0.25, -0.2) is 0 Å². The molecule has 2 heteroatoms. The number of hydrogen-bond acceptors (Lipinski definition) is 2. The highest BCUT2D eigenvalue weighted by Crippen LogP contribution is 2.18. The molecule has 0 fully saturated rings. The summed E-state index contributed by atoms with van der Waals surface area (Å²) >= 11 is 0. The standard InChI is InChI=1S/C24H48N2/c1-4-6-8-10-12-13-14-15-17-19-21-26-23-22-25(24(26)3)20-18-16-11-9-7-5-2/h22-24H,4-21H2,1-3H3. The molecule has 1 aliphatic heterocycles. The minimum atomic E-state index is 0.573.